The third kappa shape index (κ3) is 4.45. The molecule has 0 heterocycles. The minimum atomic E-state index is -0.435. The number of aryl methyl sites for hydroxylation is 3. The summed E-state index contributed by atoms with van der Waals surface area (Å²) in [5.74, 6) is -0.210. The van der Waals surface area contributed by atoms with Gasteiger partial charge in [-0.3, -0.25) is 10.2 Å². The Kier molecular flexibility index (Phi) is 5.17. The quantitative estimate of drug-likeness (QED) is 0.704. The number of benzene rings is 1. The van der Waals surface area contributed by atoms with Crippen molar-refractivity contribution in [2.75, 3.05) is 7.05 Å². The Morgan fingerprint density at radius 3 is 2.50 bits per heavy atom. The number of carbonyl (C=O) groups is 2. The second kappa shape index (κ2) is 6.64. The molecule has 0 fully saturated rings. The van der Waals surface area contributed by atoms with Crippen molar-refractivity contribution < 1.29 is 9.59 Å². The van der Waals surface area contributed by atoms with E-state index in [1.165, 1.54) is 18.2 Å². The highest BCUT2D eigenvalue weighted by Gasteiger charge is 2.05. The molecule has 3 amide bonds. The van der Waals surface area contributed by atoms with Gasteiger partial charge in [-0.25, -0.2) is 10.2 Å². The Morgan fingerprint density at radius 1 is 1.17 bits per heavy atom. The first-order valence-corrected chi connectivity index (χ1v) is 5.85. The van der Waals surface area contributed by atoms with Crippen LogP contribution in [0.15, 0.2) is 18.2 Å². The van der Waals surface area contributed by atoms with Crippen LogP contribution >= 0.6 is 0 Å². The molecule has 18 heavy (non-hydrogen) atoms. The van der Waals surface area contributed by atoms with Crippen molar-refractivity contribution >= 4 is 11.9 Å². The standard InChI is InChI=1S/C13H19N3O2/c1-9-4-5-11(10(2)8-9)6-7-12(17)15-16-13(18)14-3/h4-5,8H,6-7H2,1-3H3,(H,15,17)(H2,14,16,18). The Morgan fingerprint density at radius 2 is 1.89 bits per heavy atom. The van der Waals surface area contributed by atoms with E-state index >= 15 is 0 Å². The van der Waals surface area contributed by atoms with E-state index in [0.717, 1.165) is 5.56 Å². The van der Waals surface area contributed by atoms with E-state index in [1.54, 1.807) is 0 Å². The van der Waals surface area contributed by atoms with Crippen LogP contribution in [-0.4, -0.2) is 19.0 Å². The van der Waals surface area contributed by atoms with Gasteiger partial charge in [-0.2, -0.15) is 0 Å². The van der Waals surface area contributed by atoms with E-state index in [4.69, 9.17) is 0 Å². The SMILES string of the molecule is CNC(=O)NNC(=O)CCc1ccc(C)cc1C. The van der Waals surface area contributed by atoms with Crippen molar-refractivity contribution in [1.82, 2.24) is 16.2 Å². The lowest BCUT2D eigenvalue weighted by atomic mass is 10.0. The molecule has 0 saturated heterocycles. The summed E-state index contributed by atoms with van der Waals surface area (Å²) in [4.78, 5) is 22.3. The van der Waals surface area contributed by atoms with Crippen molar-refractivity contribution in [3.8, 4) is 0 Å². The third-order valence-electron chi connectivity index (χ3n) is 2.66. The number of nitrogens with one attached hydrogen (secondary N) is 3. The van der Waals surface area contributed by atoms with E-state index in [1.807, 2.05) is 26.0 Å². The van der Waals surface area contributed by atoms with E-state index in [9.17, 15) is 9.59 Å². The van der Waals surface area contributed by atoms with Gasteiger partial charge in [-0.1, -0.05) is 23.8 Å². The van der Waals surface area contributed by atoms with Gasteiger partial charge in [0.25, 0.3) is 0 Å². The summed E-state index contributed by atoms with van der Waals surface area (Å²) in [7, 11) is 1.48. The Labute approximate surface area is 107 Å². The molecule has 0 saturated carbocycles. The molecule has 0 aliphatic rings. The highest BCUT2D eigenvalue weighted by atomic mass is 16.2. The van der Waals surface area contributed by atoms with Gasteiger partial charge >= 0.3 is 6.03 Å². The van der Waals surface area contributed by atoms with Crippen molar-refractivity contribution in [3.05, 3.63) is 34.9 Å². The summed E-state index contributed by atoms with van der Waals surface area (Å²) in [5.41, 5.74) is 8.12. The van der Waals surface area contributed by atoms with E-state index in [0.29, 0.717) is 12.8 Å². The van der Waals surface area contributed by atoms with E-state index in [2.05, 4.69) is 22.2 Å². The Hall–Kier alpha value is -2.04. The number of carbonyl (C=O) groups excluding carboxylic acids is 2. The van der Waals surface area contributed by atoms with Crippen molar-refractivity contribution in [3.63, 3.8) is 0 Å². The van der Waals surface area contributed by atoms with Gasteiger partial charge in [0.05, 0.1) is 0 Å². The number of hydrazine groups is 1. The molecular formula is C13H19N3O2. The highest BCUT2D eigenvalue weighted by Crippen LogP contribution is 2.12. The maximum absolute atomic E-state index is 11.5. The Balaban J connectivity index is 2.40. The molecule has 0 atom stereocenters. The van der Waals surface area contributed by atoms with Crippen molar-refractivity contribution in [2.45, 2.75) is 26.7 Å². The monoisotopic (exact) mass is 249 g/mol. The van der Waals surface area contributed by atoms with Gasteiger partial charge in [0, 0.05) is 13.5 Å². The third-order valence-corrected chi connectivity index (χ3v) is 2.66. The lowest BCUT2D eigenvalue weighted by Gasteiger charge is -2.08. The zero-order chi connectivity index (χ0) is 13.5. The van der Waals surface area contributed by atoms with Gasteiger partial charge < -0.3 is 5.32 Å². The lowest BCUT2D eigenvalue weighted by Crippen LogP contribution is -2.45. The zero-order valence-corrected chi connectivity index (χ0v) is 11.0. The number of rotatable bonds is 3. The summed E-state index contributed by atoms with van der Waals surface area (Å²) < 4.78 is 0. The fraction of sp³-hybridized carbons (Fsp3) is 0.385. The minimum Gasteiger partial charge on any atom is -0.340 e. The predicted molar refractivity (Wildman–Crippen MR) is 70.0 cm³/mol. The average molecular weight is 249 g/mol. The van der Waals surface area contributed by atoms with Crippen LogP contribution in [-0.2, 0) is 11.2 Å². The molecule has 0 aromatic heterocycles. The lowest BCUT2D eigenvalue weighted by molar-refractivity contribution is -0.121. The molecule has 3 N–H and O–H groups in total. The summed E-state index contributed by atoms with van der Waals surface area (Å²) in [6, 6.07) is 5.72. The Bertz CT molecular complexity index is 444. The molecule has 1 aromatic carbocycles. The molecule has 0 aliphatic carbocycles. The predicted octanol–water partition coefficient (Wildman–Crippen LogP) is 1.20. The first-order chi connectivity index (χ1) is 8.52. The summed E-state index contributed by atoms with van der Waals surface area (Å²) in [6.07, 6.45) is 1.00. The second-order valence-electron chi connectivity index (χ2n) is 4.18. The normalized spacial score (nSPS) is 9.72. The second-order valence-corrected chi connectivity index (χ2v) is 4.18. The van der Waals surface area contributed by atoms with Crippen LogP contribution in [0, 0.1) is 13.8 Å². The molecule has 98 valence electrons. The molecule has 5 heteroatoms. The topological polar surface area (TPSA) is 70.2 Å². The van der Waals surface area contributed by atoms with Gasteiger partial charge in [0.2, 0.25) is 5.91 Å². The molecule has 0 spiro atoms. The van der Waals surface area contributed by atoms with Gasteiger partial charge in [0.1, 0.15) is 0 Å². The van der Waals surface area contributed by atoms with E-state index in [-0.39, 0.29) is 5.91 Å². The van der Waals surface area contributed by atoms with E-state index < -0.39 is 6.03 Å². The van der Waals surface area contributed by atoms with Crippen LogP contribution < -0.4 is 16.2 Å². The number of hydrogen-bond acceptors (Lipinski definition) is 2. The number of urea groups is 1. The van der Waals surface area contributed by atoms with Crippen LogP contribution in [0.25, 0.3) is 0 Å². The molecule has 0 radical (unpaired) electrons. The van der Waals surface area contributed by atoms with Crippen LogP contribution in [0.3, 0.4) is 0 Å². The maximum atomic E-state index is 11.5. The number of amides is 3. The summed E-state index contributed by atoms with van der Waals surface area (Å²) in [5, 5.41) is 2.34. The largest absolute Gasteiger partial charge is 0.340 e. The smallest absolute Gasteiger partial charge is 0.333 e. The maximum Gasteiger partial charge on any atom is 0.333 e. The average Bonchev–Trinajstić information content (AvgIpc) is 2.34. The van der Waals surface area contributed by atoms with Gasteiger partial charge in [0.15, 0.2) is 0 Å². The van der Waals surface area contributed by atoms with Crippen LogP contribution in [0.5, 0.6) is 0 Å². The zero-order valence-electron chi connectivity index (χ0n) is 11.0. The first kappa shape index (κ1) is 14.0. The van der Waals surface area contributed by atoms with Gasteiger partial charge in [-0.15, -0.1) is 0 Å². The van der Waals surface area contributed by atoms with Crippen molar-refractivity contribution in [1.29, 1.82) is 0 Å². The molecule has 0 aliphatic heterocycles. The molecule has 1 rings (SSSR count). The number of hydrogen-bond donors (Lipinski definition) is 3. The van der Waals surface area contributed by atoms with Crippen molar-refractivity contribution in [2.24, 2.45) is 0 Å². The molecule has 0 unspecified atom stereocenters. The van der Waals surface area contributed by atoms with Gasteiger partial charge in [-0.05, 0) is 31.4 Å². The molecular weight excluding hydrogens is 230 g/mol. The first-order valence-electron chi connectivity index (χ1n) is 5.85. The minimum absolute atomic E-state index is 0.210. The highest BCUT2D eigenvalue weighted by molar-refractivity contribution is 5.81. The summed E-state index contributed by atoms with van der Waals surface area (Å²) in [6.45, 7) is 4.07. The van der Waals surface area contributed by atoms with Crippen LogP contribution in [0.2, 0.25) is 0 Å². The van der Waals surface area contributed by atoms with Crippen LogP contribution in [0.1, 0.15) is 23.1 Å². The summed E-state index contributed by atoms with van der Waals surface area (Å²) >= 11 is 0. The molecule has 5 nitrogen and oxygen atoms in total. The molecule has 0 bridgehead atoms. The van der Waals surface area contributed by atoms with Crippen LogP contribution in [0.4, 0.5) is 4.79 Å². The fourth-order valence-electron chi connectivity index (χ4n) is 1.63. The molecule has 1 aromatic rings. The fourth-order valence-corrected chi connectivity index (χ4v) is 1.63.